The van der Waals surface area contributed by atoms with E-state index in [4.69, 9.17) is 9.47 Å². The number of nitro groups is 1. The first kappa shape index (κ1) is 22.6. The van der Waals surface area contributed by atoms with Crippen LogP contribution in [-0.4, -0.2) is 40.0 Å². The van der Waals surface area contributed by atoms with E-state index in [9.17, 15) is 24.5 Å². The van der Waals surface area contributed by atoms with Crippen molar-refractivity contribution in [1.29, 1.82) is 0 Å². The maximum Gasteiger partial charge on any atom is 0.355 e. The quantitative estimate of drug-likeness (QED) is 0.400. The predicted molar refractivity (Wildman–Crippen MR) is 107 cm³/mol. The van der Waals surface area contributed by atoms with Crippen molar-refractivity contribution in [3.8, 4) is 0 Å². The molecule has 0 aliphatic heterocycles. The number of nitro benzene ring substituents is 1. The van der Waals surface area contributed by atoms with Crippen LogP contribution in [0.4, 0.5) is 11.4 Å². The number of benzene rings is 1. The number of hydrogen-bond donors (Lipinski definition) is 2. The molecule has 2 N–H and O–H groups in total. The van der Waals surface area contributed by atoms with Crippen LogP contribution in [0.5, 0.6) is 0 Å². The molecule has 0 spiro atoms. The van der Waals surface area contributed by atoms with Gasteiger partial charge >= 0.3 is 11.9 Å². The third kappa shape index (κ3) is 5.02. The predicted octanol–water partition coefficient (Wildman–Crippen LogP) is 3.29. The SMILES string of the molecule is Cc1[nH]c(C(=O)O[C@@H](C)C(=O)Nc2ccccc2[N+](=O)[O-])c(C)c1C(=O)OC(C)C. The molecule has 1 heterocycles. The van der Waals surface area contributed by atoms with Crippen molar-refractivity contribution in [3.63, 3.8) is 0 Å². The average molecular weight is 417 g/mol. The lowest BCUT2D eigenvalue weighted by Gasteiger charge is -2.13. The highest BCUT2D eigenvalue weighted by molar-refractivity contribution is 6.01. The molecule has 0 saturated carbocycles. The molecular formula is C20H23N3O7. The van der Waals surface area contributed by atoms with Gasteiger partial charge < -0.3 is 19.8 Å². The minimum atomic E-state index is -1.24. The number of H-pyrrole nitrogens is 1. The Balaban J connectivity index is 2.14. The smallest absolute Gasteiger partial charge is 0.355 e. The maximum atomic E-state index is 12.5. The van der Waals surface area contributed by atoms with E-state index in [1.54, 1.807) is 27.7 Å². The van der Waals surface area contributed by atoms with Crippen molar-refractivity contribution in [3.05, 3.63) is 56.9 Å². The monoisotopic (exact) mass is 417 g/mol. The molecule has 10 heteroatoms. The van der Waals surface area contributed by atoms with E-state index in [1.165, 1.54) is 31.2 Å². The van der Waals surface area contributed by atoms with E-state index in [0.29, 0.717) is 11.3 Å². The van der Waals surface area contributed by atoms with Crippen LogP contribution in [0.2, 0.25) is 0 Å². The molecule has 2 aromatic rings. The van der Waals surface area contributed by atoms with Gasteiger partial charge in [-0.15, -0.1) is 0 Å². The summed E-state index contributed by atoms with van der Waals surface area (Å²) in [5.41, 5.74) is 0.729. The number of esters is 2. The summed E-state index contributed by atoms with van der Waals surface area (Å²) >= 11 is 0. The molecule has 30 heavy (non-hydrogen) atoms. The van der Waals surface area contributed by atoms with E-state index < -0.39 is 28.9 Å². The summed E-state index contributed by atoms with van der Waals surface area (Å²) in [5.74, 6) is -2.15. The molecule has 2 rings (SSSR count). The normalized spacial score (nSPS) is 11.7. The first-order valence-corrected chi connectivity index (χ1v) is 9.18. The molecule has 1 aromatic carbocycles. The van der Waals surface area contributed by atoms with Gasteiger partial charge in [-0.3, -0.25) is 14.9 Å². The van der Waals surface area contributed by atoms with Crippen LogP contribution in [0, 0.1) is 24.0 Å². The van der Waals surface area contributed by atoms with Crippen molar-refractivity contribution >= 4 is 29.2 Å². The Labute approximate surface area is 172 Å². The summed E-state index contributed by atoms with van der Waals surface area (Å²) in [6.45, 7) is 7.94. The molecule has 1 atom stereocenters. The average Bonchev–Trinajstić information content (AvgIpc) is 2.95. The van der Waals surface area contributed by atoms with Gasteiger partial charge in [-0.1, -0.05) is 12.1 Å². The molecule has 0 fully saturated rings. The molecule has 1 amide bonds. The van der Waals surface area contributed by atoms with Crippen LogP contribution in [0.25, 0.3) is 0 Å². The summed E-state index contributed by atoms with van der Waals surface area (Å²) in [6.07, 6.45) is -1.57. The zero-order valence-corrected chi connectivity index (χ0v) is 17.3. The van der Waals surface area contributed by atoms with Gasteiger partial charge in [-0.2, -0.15) is 0 Å². The lowest BCUT2D eigenvalue weighted by molar-refractivity contribution is -0.383. The number of rotatable bonds is 7. The Kier molecular flexibility index (Phi) is 6.93. The number of ether oxygens (including phenoxy) is 2. The number of aromatic nitrogens is 1. The van der Waals surface area contributed by atoms with Crippen molar-refractivity contribution in [1.82, 2.24) is 4.98 Å². The first-order chi connectivity index (χ1) is 14.0. The van der Waals surface area contributed by atoms with Gasteiger partial charge in [-0.25, -0.2) is 9.59 Å². The van der Waals surface area contributed by atoms with E-state index in [0.717, 1.165) is 0 Å². The second-order valence-corrected chi connectivity index (χ2v) is 6.89. The maximum absolute atomic E-state index is 12.5. The molecule has 0 radical (unpaired) electrons. The number of carbonyl (C=O) groups excluding carboxylic acids is 3. The van der Waals surface area contributed by atoms with Crippen LogP contribution in [0.1, 0.15) is 52.9 Å². The van der Waals surface area contributed by atoms with Crippen LogP contribution in [-0.2, 0) is 14.3 Å². The van der Waals surface area contributed by atoms with Crippen molar-refractivity contribution in [2.75, 3.05) is 5.32 Å². The van der Waals surface area contributed by atoms with Gasteiger partial charge in [0.25, 0.3) is 11.6 Å². The largest absolute Gasteiger partial charge is 0.459 e. The van der Waals surface area contributed by atoms with Crippen molar-refractivity contribution in [2.24, 2.45) is 0 Å². The van der Waals surface area contributed by atoms with Crippen molar-refractivity contribution in [2.45, 2.75) is 46.8 Å². The number of aryl methyl sites for hydroxylation is 1. The number of para-hydroxylation sites is 2. The highest BCUT2D eigenvalue weighted by atomic mass is 16.6. The zero-order valence-electron chi connectivity index (χ0n) is 17.3. The highest BCUT2D eigenvalue weighted by Gasteiger charge is 2.27. The number of aromatic amines is 1. The van der Waals surface area contributed by atoms with Crippen molar-refractivity contribution < 1.29 is 28.8 Å². The molecule has 10 nitrogen and oxygen atoms in total. The van der Waals surface area contributed by atoms with Crippen LogP contribution in [0.3, 0.4) is 0 Å². The van der Waals surface area contributed by atoms with Gasteiger partial charge in [0, 0.05) is 11.8 Å². The third-order valence-electron chi connectivity index (χ3n) is 4.20. The van der Waals surface area contributed by atoms with Crippen LogP contribution >= 0.6 is 0 Å². The zero-order chi connectivity index (χ0) is 22.6. The number of nitrogens with one attached hydrogen (secondary N) is 2. The molecule has 0 bridgehead atoms. The summed E-state index contributed by atoms with van der Waals surface area (Å²) in [6, 6.07) is 5.61. The van der Waals surface area contributed by atoms with E-state index in [1.807, 2.05) is 0 Å². The fourth-order valence-corrected chi connectivity index (χ4v) is 2.78. The summed E-state index contributed by atoms with van der Waals surface area (Å²) in [4.78, 5) is 50.3. The van der Waals surface area contributed by atoms with Gasteiger partial charge in [0.1, 0.15) is 11.4 Å². The number of hydrogen-bond acceptors (Lipinski definition) is 7. The van der Waals surface area contributed by atoms with Gasteiger partial charge in [0.15, 0.2) is 6.10 Å². The molecular weight excluding hydrogens is 394 g/mol. The minimum absolute atomic E-state index is 0.0129. The topological polar surface area (TPSA) is 141 Å². The summed E-state index contributed by atoms with van der Waals surface area (Å²) < 4.78 is 10.4. The molecule has 0 aliphatic rings. The second kappa shape index (κ2) is 9.21. The summed E-state index contributed by atoms with van der Waals surface area (Å²) in [5, 5.41) is 13.4. The van der Waals surface area contributed by atoms with E-state index in [-0.39, 0.29) is 28.7 Å². The number of anilines is 1. The third-order valence-corrected chi connectivity index (χ3v) is 4.20. The van der Waals surface area contributed by atoms with Gasteiger partial charge in [0.05, 0.1) is 16.6 Å². The second-order valence-electron chi connectivity index (χ2n) is 6.89. The van der Waals surface area contributed by atoms with Crippen LogP contribution < -0.4 is 5.32 Å². The Morgan fingerprint density at radius 1 is 1.07 bits per heavy atom. The number of amides is 1. The van der Waals surface area contributed by atoms with E-state index >= 15 is 0 Å². The van der Waals surface area contributed by atoms with E-state index in [2.05, 4.69) is 10.3 Å². The molecule has 1 aromatic heterocycles. The number of carbonyl (C=O) groups is 3. The van der Waals surface area contributed by atoms with Gasteiger partial charge in [0.2, 0.25) is 0 Å². The fourth-order valence-electron chi connectivity index (χ4n) is 2.78. The molecule has 160 valence electrons. The lowest BCUT2D eigenvalue weighted by Crippen LogP contribution is -2.30. The Morgan fingerprint density at radius 2 is 1.70 bits per heavy atom. The standard InChI is InChI=1S/C20H23N3O7/c1-10(2)29-19(25)16-11(3)17(21-12(16)4)20(26)30-13(5)18(24)22-14-8-6-7-9-15(14)23(27)28/h6-10,13,21H,1-5H3,(H,22,24)/t13-/m0/s1. The molecule has 0 aliphatic carbocycles. The lowest BCUT2D eigenvalue weighted by atomic mass is 10.1. The van der Waals surface area contributed by atoms with Gasteiger partial charge in [-0.05, 0) is 46.2 Å². The highest BCUT2D eigenvalue weighted by Crippen LogP contribution is 2.24. The minimum Gasteiger partial charge on any atom is -0.459 e. The first-order valence-electron chi connectivity index (χ1n) is 9.18. The molecule has 0 saturated heterocycles. The Bertz CT molecular complexity index is 994. The fraction of sp³-hybridized carbons (Fsp3) is 0.350. The number of nitrogens with zero attached hydrogens (tertiary/aromatic N) is 1. The Hall–Kier alpha value is -3.69. The molecule has 0 unspecified atom stereocenters. The van der Waals surface area contributed by atoms with Crippen LogP contribution in [0.15, 0.2) is 24.3 Å². The summed E-state index contributed by atoms with van der Waals surface area (Å²) in [7, 11) is 0. The Morgan fingerprint density at radius 3 is 2.30 bits per heavy atom.